The Morgan fingerprint density at radius 2 is 1.96 bits per heavy atom. The highest BCUT2D eigenvalue weighted by atomic mass is 16.5. The molecule has 1 amide bonds. The number of nitrogens with zero attached hydrogens (tertiary/aromatic N) is 1. The zero-order chi connectivity index (χ0) is 19.3. The molecule has 0 bridgehead atoms. The van der Waals surface area contributed by atoms with E-state index in [2.05, 4.69) is 5.32 Å². The number of ether oxygens (including phenoxy) is 1. The van der Waals surface area contributed by atoms with E-state index in [0.29, 0.717) is 32.5 Å². The van der Waals surface area contributed by atoms with Gasteiger partial charge >= 0.3 is 0 Å². The third kappa shape index (κ3) is 5.00. The lowest BCUT2D eigenvalue weighted by Crippen LogP contribution is -2.57. The van der Waals surface area contributed by atoms with Crippen LogP contribution in [0.5, 0.6) is 5.75 Å². The molecule has 1 atom stereocenters. The van der Waals surface area contributed by atoms with Crippen LogP contribution in [0.4, 0.5) is 0 Å². The molecule has 0 unspecified atom stereocenters. The van der Waals surface area contributed by atoms with E-state index in [4.69, 9.17) is 4.74 Å². The summed E-state index contributed by atoms with van der Waals surface area (Å²) in [5.41, 5.74) is -0.941. The minimum atomic E-state index is -1.37. The van der Waals surface area contributed by atoms with Crippen LogP contribution < -0.4 is 10.1 Å². The monoisotopic (exact) mass is 376 g/mol. The first-order valence-corrected chi connectivity index (χ1v) is 10.0. The molecule has 1 aromatic rings. The van der Waals surface area contributed by atoms with Crippen LogP contribution in [0.2, 0.25) is 0 Å². The van der Waals surface area contributed by atoms with Crippen molar-refractivity contribution in [2.24, 2.45) is 0 Å². The molecule has 1 aliphatic heterocycles. The van der Waals surface area contributed by atoms with Gasteiger partial charge in [0.05, 0.1) is 12.7 Å². The average Bonchev–Trinajstić information content (AvgIpc) is 3.10. The van der Waals surface area contributed by atoms with Crippen molar-refractivity contribution in [2.75, 3.05) is 26.7 Å². The first-order valence-electron chi connectivity index (χ1n) is 10.0. The number of hydrogen-bond acceptors (Lipinski definition) is 5. The second-order valence-electron chi connectivity index (χ2n) is 8.07. The fourth-order valence-electron chi connectivity index (χ4n) is 4.27. The maximum atomic E-state index is 12.9. The number of methoxy groups -OCH3 is 1. The van der Waals surface area contributed by atoms with Gasteiger partial charge in [0.2, 0.25) is 0 Å². The van der Waals surface area contributed by atoms with Gasteiger partial charge in [0.1, 0.15) is 5.75 Å². The summed E-state index contributed by atoms with van der Waals surface area (Å²) in [6, 6.07) is 7.66. The fraction of sp³-hybridized carbons (Fsp3) is 0.667. The molecule has 2 aliphatic rings. The predicted octanol–water partition coefficient (Wildman–Crippen LogP) is 1.83. The van der Waals surface area contributed by atoms with Crippen molar-refractivity contribution in [2.45, 2.75) is 62.7 Å². The van der Waals surface area contributed by atoms with E-state index in [1.807, 2.05) is 24.3 Å². The van der Waals surface area contributed by atoms with Crippen LogP contribution in [0.1, 0.15) is 50.5 Å². The summed E-state index contributed by atoms with van der Waals surface area (Å²) < 4.78 is 5.24. The van der Waals surface area contributed by atoms with Crippen molar-refractivity contribution in [3.8, 4) is 5.75 Å². The SMILES string of the molecule is COc1cccc(CN2CCC[C@@](O)(CNCCC3(O)CCCC3)C2=O)c1. The van der Waals surface area contributed by atoms with Crippen LogP contribution in [-0.2, 0) is 11.3 Å². The van der Waals surface area contributed by atoms with Gasteiger partial charge in [0.15, 0.2) is 5.60 Å². The quantitative estimate of drug-likeness (QED) is 0.603. The first-order chi connectivity index (χ1) is 12.9. The van der Waals surface area contributed by atoms with Gasteiger partial charge in [-0.25, -0.2) is 0 Å². The summed E-state index contributed by atoms with van der Waals surface area (Å²) in [6.07, 6.45) is 5.79. The number of piperidine rings is 1. The lowest BCUT2D eigenvalue weighted by Gasteiger charge is -2.38. The molecule has 2 fully saturated rings. The summed E-state index contributed by atoms with van der Waals surface area (Å²) in [5, 5.41) is 24.5. The van der Waals surface area contributed by atoms with Crippen LogP contribution in [-0.4, -0.2) is 59.0 Å². The fourth-order valence-corrected chi connectivity index (χ4v) is 4.27. The Bertz CT molecular complexity index is 645. The molecule has 0 aromatic heterocycles. The number of nitrogens with one attached hydrogen (secondary N) is 1. The minimum Gasteiger partial charge on any atom is -0.497 e. The lowest BCUT2D eigenvalue weighted by molar-refractivity contribution is -0.157. The number of rotatable bonds is 8. The van der Waals surface area contributed by atoms with E-state index >= 15 is 0 Å². The average molecular weight is 376 g/mol. The standard InChI is InChI=1S/C21H32N2O4/c1-27-18-7-4-6-17(14-18)15-23-13-5-10-21(26,19(23)24)16-22-12-11-20(25)8-2-3-9-20/h4,6-7,14,22,25-26H,2-3,5,8-13,15-16H2,1H3/t21-/m1/s1. The Morgan fingerprint density at radius 3 is 2.70 bits per heavy atom. The van der Waals surface area contributed by atoms with Crippen molar-refractivity contribution in [1.29, 1.82) is 0 Å². The van der Waals surface area contributed by atoms with E-state index in [1.54, 1.807) is 12.0 Å². The molecular weight excluding hydrogens is 344 g/mol. The van der Waals surface area contributed by atoms with Gasteiger partial charge in [-0.15, -0.1) is 0 Å². The van der Waals surface area contributed by atoms with Gasteiger partial charge in [-0.2, -0.15) is 0 Å². The molecule has 1 aliphatic carbocycles. The van der Waals surface area contributed by atoms with Gasteiger partial charge in [-0.1, -0.05) is 25.0 Å². The van der Waals surface area contributed by atoms with E-state index < -0.39 is 11.2 Å². The molecular formula is C21H32N2O4. The highest BCUT2D eigenvalue weighted by Gasteiger charge is 2.42. The number of likely N-dealkylation sites (tertiary alicyclic amines) is 1. The number of hydrogen-bond donors (Lipinski definition) is 3. The predicted molar refractivity (Wildman–Crippen MR) is 103 cm³/mol. The Kier molecular flexibility index (Phi) is 6.40. The minimum absolute atomic E-state index is 0.219. The molecule has 0 spiro atoms. The third-order valence-corrected chi connectivity index (χ3v) is 5.93. The summed E-state index contributed by atoms with van der Waals surface area (Å²) in [6.45, 7) is 1.97. The maximum Gasteiger partial charge on any atom is 0.256 e. The van der Waals surface area contributed by atoms with Crippen molar-refractivity contribution in [3.05, 3.63) is 29.8 Å². The van der Waals surface area contributed by atoms with E-state index in [1.165, 1.54) is 0 Å². The van der Waals surface area contributed by atoms with Crippen molar-refractivity contribution >= 4 is 5.91 Å². The highest BCUT2D eigenvalue weighted by molar-refractivity contribution is 5.86. The van der Waals surface area contributed by atoms with Gasteiger partial charge in [0, 0.05) is 19.6 Å². The number of amides is 1. The normalized spacial score (nSPS) is 25.0. The number of aliphatic hydroxyl groups is 2. The van der Waals surface area contributed by atoms with Crippen LogP contribution >= 0.6 is 0 Å². The van der Waals surface area contributed by atoms with Gasteiger partial charge < -0.3 is 25.2 Å². The van der Waals surface area contributed by atoms with E-state index in [9.17, 15) is 15.0 Å². The Labute approximate surface area is 161 Å². The van der Waals surface area contributed by atoms with E-state index in [0.717, 1.165) is 43.4 Å². The molecule has 3 N–H and O–H groups in total. The second kappa shape index (κ2) is 8.59. The molecule has 1 saturated heterocycles. The van der Waals surface area contributed by atoms with E-state index in [-0.39, 0.29) is 12.5 Å². The lowest BCUT2D eigenvalue weighted by atomic mass is 9.91. The first kappa shape index (κ1) is 20.1. The topological polar surface area (TPSA) is 82.0 Å². The second-order valence-corrected chi connectivity index (χ2v) is 8.07. The Hall–Kier alpha value is -1.63. The summed E-state index contributed by atoms with van der Waals surface area (Å²) >= 11 is 0. The number of carbonyl (C=O) groups excluding carboxylic acids is 1. The maximum absolute atomic E-state index is 12.9. The molecule has 1 saturated carbocycles. The zero-order valence-corrected chi connectivity index (χ0v) is 16.2. The molecule has 1 aromatic carbocycles. The van der Waals surface area contributed by atoms with Gasteiger partial charge in [-0.05, 0) is 56.3 Å². The molecule has 27 heavy (non-hydrogen) atoms. The van der Waals surface area contributed by atoms with Gasteiger partial charge in [0.25, 0.3) is 5.91 Å². The third-order valence-electron chi connectivity index (χ3n) is 5.93. The number of carbonyl (C=O) groups is 1. The molecule has 0 radical (unpaired) electrons. The van der Waals surface area contributed by atoms with Crippen molar-refractivity contribution in [1.82, 2.24) is 10.2 Å². The van der Waals surface area contributed by atoms with Gasteiger partial charge in [-0.3, -0.25) is 4.79 Å². The van der Waals surface area contributed by atoms with Crippen LogP contribution in [0, 0.1) is 0 Å². The largest absolute Gasteiger partial charge is 0.497 e. The highest BCUT2D eigenvalue weighted by Crippen LogP contribution is 2.32. The zero-order valence-electron chi connectivity index (χ0n) is 16.2. The summed E-state index contributed by atoms with van der Waals surface area (Å²) in [4.78, 5) is 14.6. The Morgan fingerprint density at radius 1 is 1.19 bits per heavy atom. The molecule has 150 valence electrons. The van der Waals surface area contributed by atoms with Crippen LogP contribution in [0.15, 0.2) is 24.3 Å². The molecule has 6 nitrogen and oxygen atoms in total. The molecule has 3 rings (SSSR count). The van der Waals surface area contributed by atoms with Crippen LogP contribution in [0.3, 0.4) is 0 Å². The number of benzene rings is 1. The summed E-state index contributed by atoms with van der Waals surface area (Å²) in [5.74, 6) is 0.544. The van der Waals surface area contributed by atoms with Crippen molar-refractivity contribution < 1.29 is 19.7 Å². The smallest absolute Gasteiger partial charge is 0.256 e. The molecule has 6 heteroatoms. The Balaban J connectivity index is 1.53. The summed E-state index contributed by atoms with van der Waals surface area (Å²) in [7, 11) is 1.62. The molecule has 1 heterocycles. The van der Waals surface area contributed by atoms with Crippen LogP contribution in [0.25, 0.3) is 0 Å². The van der Waals surface area contributed by atoms with Crippen molar-refractivity contribution in [3.63, 3.8) is 0 Å².